The Labute approximate surface area is 110 Å². The molecule has 1 unspecified atom stereocenters. The van der Waals surface area contributed by atoms with E-state index in [1.807, 2.05) is 18.2 Å². The van der Waals surface area contributed by atoms with E-state index in [4.69, 9.17) is 4.74 Å². The van der Waals surface area contributed by atoms with Gasteiger partial charge in [-0.05, 0) is 18.9 Å². The van der Waals surface area contributed by atoms with E-state index in [1.165, 1.54) is 18.4 Å². The van der Waals surface area contributed by atoms with E-state index in [0.29, 0.717) is 13.0 Å². The van der Waals surface area contributed by atoms with Crippen molar-refractivity contribution in [2.45, 2.75) is 58.7 Å². The number of carbonyl (C=O) groups is 1. The van der Waals surface area contributed by atoms with Gasteiger partial charge in [0, 0.05) is 6.42 Å². The molecule has 0 saturated heterocycles. The fourth-order valence-electron chi connectivity index (χ4n) is 1.98. The standard InChI is InChI=1S/C16H24O2/c1-3-4-6-11-16(12-14(2)17)18-13-15-9-7-5-8-10-15/h5,7-10,16H,3-4,6,11-13H2,1-2H3. The molecule has 1 atom stereocenters. The zero-order valence-electron chi connectivity index (χ0n) is 11.5. The summed E-state index contributed by atoms with van der Waals surface area (Å²) in [6, 6.07) is 10.1. The van der Waals surface area contributed by atoms with Crippen LogP contribution in [0.3, 0.4) is 0 Å². The van der Waals surface area contributed by atoms with Crippen molar-refractivity contribution in [3.63, 3.8) is 0 Å². The first-order chi connectivity index (χ1) is 8.72. The maximum atomic E-state index is 11.2. The molecule has 0 saturated carbocycles. The number of rotatable bonds is 9. The van der Waals surface area contributed by atoms with Crippen LogP contribution in [0.5, 0.6) is 0 Å². The van der Waals surface area contributed by atoms with Gasteiger partial charge in [-0.15, -0.1) is 0 Å². The predicted octanol–water partition coefficient (Wildman–Crippen LogP) is 4.13. The lowest BCUT2D eigenvalue weighted by molar-refractivity contribution is -0.120. The van der Waals surface area contributed by atoms with Crippen LogP contribution in [-0.4, -0.2) is 11.9 Å². The Morgan fingerprint density at radius 3 is 2.56 bits per heavy atom. The molecule has 0 heterocycles. The second kappa shape index (κ2) is 8.87. The lowest BCUT2D eigenvalue weighted by Gasteiger charge is -2.16. The van der Waals surface area contributed by atoms with E-state index in [-0.39, 0.29) is 11.9 Å². The van der Waals surface area contributed by atoms with Crippen molar-refractivity contribution in [3.8, 4) is 0 Å². The average Bonchev–Trinajstić information content (AvgIpc) is 2.37. The van der Waals surface area contributed by atoms with Gasteiger partial charge in [0.2, 0.25) is 0 Å². The molecule has 0 aliphatic heterocycles. The minimum absolute atomic E-state index is 0.0780. The summed E-state index contributed by atoms with van der Waals surface area (Å²) < 4.78 is 5.86. The molecule has 0 aromatic heterocycles. The minimum Gasteiger partial charge on any atom is -0.373 e. The Morgan fingerprint density at radius 2 is 1.94 bits per heavy atom. The van der Waals surface area contributed by atoms with E-state index in [2.05, 4.69) is 19.1 Å². The van der Waals surface area contributed by atoms with Crippen LogP contribution in [0.15, 0.2) is 30.3 Å². The molecule has 0 aliphatic rings. The van der Waals surface area contributed by atoms with E-state index in [1.54, 1.807) is 6.92 Å². The summed E-state index contributed by atoms with van der Waals surface area (Å²) in [6.07, 6.45) is 5.16. The summed E-state index contributed by atoms with van der Waals surface area (Å²) in [4.78, 5) is 11.2. The third-order valence-corrected chi connectivity index (χ3v) is 2.97. The third-order valence-electron chi connectivity index (χ3n) is 2.97. The van der Waals surface area contributed by atoms with E-state index < -0.39 is 0 Å². The highest BCUT2D eigenvalue weighted by Crippen LogP contribution is 2.13. The van der Waals surface area contributed by atoms with Crippen LogP contribution in [0, 0.1) is 0 Å². The van der Waals surface area contributed by atoms with E-state index in [0.717, 1.165) is 12.8 Å². The number of benzene rings is 1. The van der Waals surface area contributed by atoms with Crippen LogP contribution in [0.2, 0.25) is 0 Å². The monoisotopic (exact) mass is 248 g/mol. The van der Waals surface area contributed by atoms with Crippen LogP contribution in [0.4, 0.5) is 0 Å². The number of Topliss-reactive ketones (excluding diaryl/α,β-unsaturated/α-hetero) is 1. The van der Waals surface area contributed by atoms with Crippen molar-refractivity contribution in [1.82, 2.24) is 0 Å². The van der Waals surface area contributed by atoms with Crippen LogP contribution >= 0.6 is 0 Å². The molecule has 18 heavy (non-hydrogen) atoms. The summed E-state index contributed by atoms with van der Waals surface area (Å²) in [5, 5.41) is 0. The molecule has 0 bridgehead atoms. The molecular formula is C16H24O2. The van der Waals surface area contributed by atoms with Crippen LogP contribution in [0.1, 0.15) is 51.5 Å². The molecule has 0 N–H and O–H groups in total. The second-order valence-electron chi connectivity index (χ2n) is 4.82. The van der Waals surface area contributed by atoms with Crippen molar-refractivity contribution >= 4 is 5.78 Å². The Morgan fingerprint density at radius 1 is 1.22 bits per heavy atom. The Bertz CT molecular complexity index is 332. The van der Waals surface area contributed by atoms with Crippen molar-refractivity contribution in [1.29, 1.82) is 0 Å². The van der Waals surface area contributed by atoms with Gasteiger partial charge in [-0.1, -0.05) is 56.5 Å². The number of unbranched alkanes of at least 4 members (excludes halogenated alkanes) is 2. The number of hydrogen-bond donors (Lipinski definition) is 0. The van der Waals surface area contributed by atoms with Gasteiger partial charge >= 0.3 is 0 Å². The molecule has 0 spiro atoms. The number of ether oxygens (including phenoxy) is 1. The fourth-order valence-corrected chi connectivity index (χ4v) is 1.98. The lowest BCUT2D eigenvalue weighted by Crippen LogP contribution is -2.16. The molecule has 0 radical (unpaired) electrons. The predicted molar refractivity (Wildman–Crippen MR) is 74.5 cm³/mol. The molecule has 1 aromatic rings. The summed E-state index contributed by atoms with van der Waals surface area (Å²) in [5.74, 6) is 0.213. The molecule has 2 heteroatoms. The maximum absolute atomic E-state index is 11.2. The van der Waals surface area contributed by atoms with Gasteiger partial charge in [0.1, 0.15) is 5.78 Å². The van der Waals surface area contributed by atoms with Crippen LogP contribution in [-0.2, 0) is 16.1 Å². The first kappa shape index (κ1) is 14.9. The zero-order valence-corrected chi connectivity index (χ0v) is 11.5. The molecule has 1 rings (SSSR count). The second-order valence-corrected chi connectivity index (χ2v) is 4.82. The quantitative estimate of drug-likeness (QED) is 0.614. The molecular weight excluding hydrogens is 224 g/mol. The van der Waals surface area contributed by atoms with Crippen molar-refractivity contribution in [2.24, 2.45) is 0 Å². The van der Waals surface area contributed by atoms with E-state index in [9.17, 15) is 4.79 Å². The first-order valence-corrected chi connectivity index (χ1v) is 6.87. The molecule has 0 aliphatic carbocycles. The fraction of sp³-hybridized carbons (Fsp3) is 0.562. The zero-order chi connectivity index (χ0) is 13.2. The average molecular weight is 248 g/mol. The third kappa shape index (κ3) is 6.55. The normalized spacial score (nSPS) is 12.3. The molecule has 2 nitrogen and oxygen atoms in total. The Hall–Kier alpha value is -1.15. The van der Waals surface area contributed by atoms with Crippen molar-refractivity contribution < 1.29 is 9.53 Å². The highest BCUT2D eigenvalue weighted by molar-refractivity contribution is 5.75. The highest BCUT2D eigenvalue weighted by atomic mass is 16.5. The number of ketones is 1. The SMILES string of the molecule is CCCCCC(CC(C)=O)OCc1ccccc1. The van der Waals surface area contributed by atoms with Gasteiger partial charge < -0.3 is 4.74 Å². The minimum atomic E-state index is 0.0780. The Kier molecular flexibility index (Phi) is 7.35. The lowest BCUT2D eigenvalue weighted by atomic mass is 10.1. The number of carbonyl (C=O) groups excluding carboxylic acids is 1. The largest absolute Gasteiger partial charge is 0.373 e. The molecule has 0 amide bonds. The highest BCUT2D eigenvalue weighted by Gasteiger charge is 2.11. The maximum Gasteiger partial charge on any atom is 0.132 e. The summed E-state index contributed by atoms with van der Waals surface area (Å²) in [7, 11) is 0. The number of hydrogen-bond acceptors (Lipinski definition) is 2. The molecule has 100 valence electrons. The van der Waals surface area contributed by atoms with Crippen LogP contribution in [0.25, 0.3) is 0 Å². The van der Waals surface area contributed by atoms with Gasteiger partial charge in [0.25, 0.3) is 0 Å². The van der Waals surface area contributed by atoms with E-state index >= 15 is 0 Å². The van der Waals surface area contributed by atoms with Gasteiger partial charge in [0.15, 0.2) is 0 Å². The summed E-state index contributed by atoms with van der Waals surface area (Å²) in [6.45, 7) is 4.43. The summed E-state index contributed by atoms with van der Waals surface area (Å²) >= 11 is 0. The van der Waals surface area contributed by atoms with Gasteiger partial charge in [-0.3, -0.25) is 4.79 Å². The summed E-state index contributed by atoms with van der Waals surface area (Å²) in [5.41, 5.74) is 1.17. The smallest absolute Gasteiger partial charge is 0.132 e. The van der Waals surface area contributed by atoms with Gasteiger partial charge in [0.05, 0.1) is 12.7 Å². The van der Waals surface area contributed by atoms with Crippen LogP contribution < -0.4 is 0 Å². The molecule has 0 fully saturated rings. The first-order valence-electron chi connectivity index (χ1n) is 6.87. The topological polar surface area (TPSA) is 26.3 Å². The van der Waals surface area contributed by atoms with Gasteiger partial charge in [-0.2, -0.15) is 0 Å². The van der Waals surface area contributed by atoms with Crippen molar-refractivity contribution in [2.75, 3.05) is 0 Å². The Balaban J connectivity index is 2.37. The van der Waals surface area contributed by atoms with Crippen molar-refractivity contribution in [3.05, 3.63) is 35.9 Å². The molecule has 1 aromatic carbocycles. The van der Waals surface area contributed by atoms with Gasteiger partial charge in [-0.25, -0.2) is 0 Å².